The quantitative estimate of drug-likeness (QED) is 0.899. The highest BCUT2D eigenvalue weighted by Crippen LogP contribution is 2.34. The maximum Gasteiger partial charge on any atom is 0.416 e. The number of alkyl halides is 3. The van der Waals surface area contributed by atoms with Crippen molar-refractivity contribution < 1.29 is 13.2 Å². The highest BCUT2D eigenvalue weighted by atomic mass is 19.4. The summed E-state index contributed by atoms with van der Waals surface area (Å²) in [6.07, 6.45) is -3.15. The molecule has 2 N–H and O–H groups in total. The molecule has 0 amide bonds. The maximum absolute atomic E-state index is 12.7. The maximum atomic E-state index is 12.7. The number of piperidine rings is 1. The molecule has 0 spiro atoms. The number of nitrogens with two attached hydrogens (primary N) is 1. The third kappa shape index (κ3) is 3.26. The van der Waals surface area contributed by atoms with E-state index in [1.165, 1.54) is 6.07 Å². The van der Waals surface area contributed by atoms with E-state index in [1.54, 1.807) is 6.07 Å². The van der Waals surface area contributed by atoms with Gasteiger partial charge in [-0.05, 0) is 42.0 Å². The summed E-state index contributed by atoms with van der Waals surface area (Å²) in [5.74, 6) is 1.10. The molecular weight excluding hydrogens is 265 g/mol. The first-order valence-electron chi connectivity index (χ1n) is 6.96. The number of anilines is 1. The average Bonchev–Trinajstić information content (AvgIpc) is 2.35. The summed E-state index contributed by atoms with van der Waals surface area (Å²) in [7, 11) is 0. The monoisotopic (exact) mass is 286 g/mol. The van der Waals surface area contributed by atoms with Crippen molar-refractivity contribution >= 4 is 5.69 Å². The summed E-state index contributed by atoms with van der Waals surface area (Å²) < 4.78 is 38.2. The summed E-state index contributed by atoms with van der Waals surface area (Å²) in [6, 6.07) is 3.90. The summed E-state index contributed by atoms with van der Waals surface area (Å²) >= 11 is 0. The van der Waals surface area contributed by atoms with E-state index in [4.69, 9.17) is 5.73 Å². The first-order valence-corrected chi connectivity index (χ1v) is 6.96. The molecule has 1 saturated heterocycles. The molecule has 1 fully saturated rings. The highest BCUT2D eigenvalue weighted by molar-refractivity contribution is 5.56. The lowest BCUT2D eigenvalue weighted by atomic mass is 9.91. The van der Waals surface area contributed by atoms with E-state index in [0.29, 0.717) is 17.4 Å². The minimum atomic E-state index is -4.31. The van der Waals surface area contributed by atoms with E-state index in [1.807, 2.05) is 0 Å². The molecule has 5 heteroatoms. The Morgan fingerprint density at radius 3 is 2.30 bits per heavy atom. The van der Waals surface area contributed by atoms with Crippen LogP contribution in [0.15, 0.2) is 18.2 Å². The van der Waals surface area contributed by atoms with Gasteiger partial charge in [-0.15, -0.1) is 0 Å². The van der Waals surface area contributed by atoms with Crippen molar-refractivity contribution in [1.29, 1.82) is 0 Å². The Balaban J connectivity index is 2.32. The van der Waals surface area contributed by atoms with Gasteiger partial charge >= 0.3 is 6.18 Å². The Morgan fingerprint density at radius 1 is 1.20 bits per heavy atom. The smallest absolute Gasteiger partial charge is 0.371 e. The van der Waals surface area contributed by atoms with Crippen molar-refractivity contribution in [2.24, 2.45) is 17.6 Å². The standard InChI is InChI=1S/C15H21F3N2/c1-10-5-11(2)9-20(8-10)14-4-3-13(15(16,17)18)6-12(14)7-19/h3-4,6,10-11H,5,7-9,19H2,1-2H3. The minimum Gasteiger partial charge on any atom is -0.371 e. The van der Waals surface area contributed by atoms with Gasteiger partial charge in [-0.25, -0.2) is 0 Å². The first-order chi connectivity index (χ1) is 9.31. The third-order valence-corrected chi connectivity index (χ3v) is 3.84. The van der Waals surface area contributed by atoms with Crippen LogP contribution in [0.25, 0.3) is 0 Å². The summed E-state index contributed by atoms with van der Waals surface area (Å²) in [5, 5.41) is 0. The second-order valence-corrected chi connectivity index (χ2v) is 5.90. The van der Waals surface area contributed by atoms with Crippen LogP contribution in [0.1, 0.15) is 31.4 Å². The molecule has 1 aromatic carbocycles. The first kappa shape index (κ1) is 15.2. The lowest BCUT2D eigenvalue weighted by Crippen LogP contribution is -2.39. The van der Waals surface area contributed by atoms with Gasteiger partial charge in [0.25, 0.3) is 0 Å². The number of rotatable bonds is 2. The van der Waals surface area contributed by atoms with Gasteiger partial charge in [0.15, 0.2) is 0 Å². The second-order valence-electron chi connectivity index (χ2n) is 5.90. The molecule has 2 atom stereocenters. The molecular formula is C15H21F3N2. The van der Waals surface area contributed by atoms with Gasteiger partial charge in [0.2, 0.25) is 0 Å². The highest BCUT2D eigenvalue weighted by Gasteiger charge is 2.31. The van der Waals surface area contributed by atoms with Crippen LogP contribution in [-0.4, -0.2) is 13.1 Å². The molecule has 1 heterocycles. The Kier molecular flexibility index (Phi) is 4.28. The van der Waals surface area contributed by atoms with Crippen LogP contribution < -0.4 is 10.6 Å². The lowest BCUT2D eigenvalue weighted by molar-refractivity contribution is -0.137. The Bertz CT molecular complexity index is 461. The fourth-order valence-corrected chi connectivity index (χ4v) is 3.09. The summed E-state index contributed by atoms with van der Waals surface area (Å²) in [6.45, 7) is 6.23. The van der Waals surface area contributed by atoms with E-state index < -0.39 is 11.7 Å². The molecule has 2 rings (SSSR count). The molecule has 2 unspecified atom stereocenters. The summed E-state index contributed by atoms with van der Waals surface area (Å²) in [5.41, 5.74) is 6.44. The normalized spacial score (nSPS) is 24.0. The van der Waals surface area contributed by atoms with Crippen molar-refractivity contribution in [3.05, 3.63) is 29.3 Å². The van der Waals surface area contributed by atoms with Gasteiger partial charge in [0.1, 0.15) is 0 Å². The van der Waals surface area contributed by atoms with Crippen molar-refractivity contribution in [3.63, 3.8) is 0 Å². The van der Waals surface area contributed by atoms with Crippen molar-refractivity contribution in [2.45, 2.75) is 33.0 Å². The van der Waals surface area contributed by atoms with Gasteiger partial charge in [-0.2, -0.15) is 13.2 Å². The van der Waals surface area contributed by atoms with Crippen LogP contribution in [0.4, 0.5) is 18.9 Å². The molecule has 1 aliphatic heterocycles. The Morgan fingerprint density at radius 2 is 1.80 bits per heavy atom. The van der Waals surface area contributed by atoms with Crippen molar-refractivity contribution in [1.82, 2.24) is 0 Å². The van der Waals surface area contributed by atoms with Crippen LogP contribution >= 0.6 is 0 Å². The lowest BCUT2D eigenvalue weighted by Gasteiger charge is -2.37. The van der Waals surface area contributed by atoms with Gasteiger partial charge in [-0.1, -0.05) is 13.8 Å². The summed E-state index contributed by atoms with van der Waals surface area (Å²) in [4.78, 5) is 2.17. The van der Waals surface area contributed by atoms with E-state index in [9.17, 15) is 13.2 Å². The molecule has 0 bridgehead atoms. The van der Waals surface area contributed by atoms with Crippen molar-refractivity contribution in [3.8, 4) is 0 Å². The van der Waals surface area contributed by atoms with Crippen molar-refractivity contribution in [2.75, 3.05) is 18.0 Å². The Labute approximate surface area is 117 Å². The number of halogens is 3. The van der Waals surface area contributed by atoms with E-state index in [-0.39, 0.29) is 6.54 Å². The van der Waals surface area contributed by atoms with Gasteiger partial charge in [-0.3, -0.25) is 0 Å². The second kappa shape index (κ2) is 5.64. The van der Waals surface area contributed by atoms with E-state index >= 15 is 0 Å². The fraction of sp³-hybridized carbons (Fsp3) is 0.600. The molecule has 0 saturated carbocycles. The zero-order valence-corrected chi connectivity index (χ0v) is 11.9. The molecule has 0 aliphatic carbocycles. The predicted molar refractivity (Wildman–Crippen MR) is 74.5 cm³/mol. The fourth-order valence-electron chi connectivity index (χ4n) is 3.09. The largest absolute Gasteiger partial charge is 0.416 e. The minimum absolute atomic E-state index is 0.124. The number of hydrogen-bond donors (Lipinski definition) is 1. The average molecular weight is 286 g/mol. The molecule has 20 heavy (non-hydrogen) atoms. The number of nitrogens with zero attached hydrogens (tertiary/aromatic N) is 1. The number of benzene rings is 1. The molecule has 1 aromatic rings. The Hall–Kier alpha value is -1.23. The van der Waals surface area contributed by atoms with E-state index in [0.717, 1.165) is 31.3 Å². The zero-order valence-electron chi connectivity index (χ0n) is 11.9. The molecule has 0 radical (unpaired) electrons. The van der Waals surface area contributed by atoms with Gasteiger partial charge in [0, 0.05) is 25.3 Å². The van der Waals surface area contributed by atoms with Crippen LogP contribution in [-0.2, 0) is 12.7 Å². The zero-order chi connectivity index (χ0) is 14.9. The topological polar surface area (TPSA) is 29.3 Å². The third-order valence-electron chi connectivity index (χ3n) is 3.84. The van der Waals surface area contributed by atoms with Gasteiger partial charge in [0.05, 0.1) is 5.56 Å². The molecule has 0 aromatic heterocycles. The molecule has 2 nitrogen and oxygen atoms in total. The SMILES string of the molecule is CC1CC(C)CN(c2ccc(C(F)(F)F)cc2CN)C1. The van der Waals surface area contributed by atoms with Crippen LogP contribution in [0, 0.1) is 11.8 Å². The predicted octanol–water partition coefficient (Wildman–Crippen LogP) is 3.65. The van der Waals surface area contributed by atoms with Crippen LogP contribution in [0.3, 0.4) is 0 Å². The molecule has 1 aliphatic rings. The van der Waals surface area contributed by atoms with Gasteiger partial charge < -0.3 is 10.6 Å². The van der Waals surface area contributed by atoms with E-state index in [2.05, 4.69) is 18.7 Å². The van der Waals surface area contributed by atoms with Crippen LogP contribution in [0.5, 0.6) is 0 Å². The molecule has 112 valence electrons. The number of hydrogen-bond acceptors (Lipinski definition) is 2. The van der Waals surface area contributed by atoms with Crippen LogP contribution in [0.2, 0.25) is 0 Å².